The molecule has 0 aromatic heterocycles. The Morgan fingerprint density at radius 2 is 1.50 bits per heavy atom. The van der Waals surface area contributed by atoms with Gasteiger partial charge in [-0.25, -0.2) is 0 Å². The minimum absolute atomic E-state index is 0.234. The van der Waals surface area contributed by atoms with Crippen molar-refractivity contribution in [3.8, 4) is 0 Å². The SMILES string of the molecule is CCN(CC)c1ccc(C(C(=O)OC)c2ccccc2)cc1. The largest absolute Gasteiger partial charge is 0.468 e. The van der Waals surface area contributed by atoms with Gasteiger partial charge in [0.05, 0.1) is 7.11 Å². The van der Waals surface area contributed by atoms with E-state index in [9.17, 15) is 4.79 Å². The van der Waals surface area contributed by atoms with Gasteiger partial charge in [0.2, 0.25) is 0 Å². The maximum absolute atomic E-state index is 12.2. The number of ether oxygens (including phenoxy) is 1. The number of nitrogens with zero attached hydrogens (tertiary/aromatic N) is 1. The van der Waals surface area contributed by atoms with Crippen molar-refractivity contribution < 1.29 is 9.53 Å². The van der Waals surface area contributed by atoms with Crippen LogP contribution < -0.4 is 4.90 Å². The molecule has 2 aromatic rings. The molecule has 22 heavy (non-hydrogen) atoms. The fourth-order valence-corrected chi connectivity index (χ4v) is 2.69. The summed E-state index contributed by atoms with van der Waals surface area (Å²) in [4.78, 5) is 14.5. The Balaban J connectivity index is 2.35. The summed E-state index contributed by atoms with van der Waals surface area (Å²) >= 11 is 0. The van der Waals surface area contributed by atoms with Gasteiger partial charge in [-0.15, -0.1) is 0 Å². The van der Waals surface area contributed by atoms with E-state index in [1.807, 2.05) is 42.5 Å². The Morgan fingerprint density at radius 1 is 0.955 bits per heavy atom. The Labute approximate surface area is 132 Å². The highest BCUT2D eigenvalue weighted by molar-refractivity contribution is 5.82. The number of hydrogen-bond acceptors (Lipinski definition) is 3. The molecule has 0 bridgehead atoms. The van der Waals surface area contributed by atoms with Crippen molar-refractivity contribution in [2.75, 3.05) is 25.1 Å². The third-order valence-corrected chi connectivity index (χ3v) is 3.92. The zero-order valence-corrected chi connectivity index (χ0v) is 13.5. The molecule has 0 radical (unpaired) electrons. The number of benzene rings is 2. The van der Waals surface area contributed by atoms with Gasteiger partial charge in [0.15, 0.2) is 0 Å². The molecule has 2 rings (SSSR count). The maximum atomic E-state index is 12.2. The van der Waals surface area contributed by atoms with Crippen molar-refractivity contribution in [3.05, 3.63) is 65.7 Å². The molecule has 0 amide bonds. The van der Waals surface area contributed by atoms with Crippen LogP contribution in [-0.2, 0) is 9.53 Å². The van der Waals surface area contributed by atoms with Crippen LogP contribution in [0.25, 0.3) is 0 Å². The fraction of sp³-hybridized carbons (Fsp3) is 0.316. The Hall–Kier alpha value is -2.29. The molecule has 0 heterocycles. The lowest BCUT2D eigenvalue weighted by atomic mass is 9.91. The van der Waals surface area contributed by atoms with E-state index in [-0.39, 0.29) is 11.9 Å². The summed E-state index contributed by atoms with van der Waals surface area (Å²) in [7, 11) is 1.43. The van der Waals surface area contributed by atoms with Gasteiger partial charge >= 0.3 is 5.97 Å². The van der Waals surface area contributed by atoms with Gasteiger partial charge in [0.1, 0.15) is 5.92 Å². The van der Waals surface area contributed by atoms with Gasteiger partial charge in [-0.05, 0) is 37.1 Å². The van der Waals surface area contributed by atoms with Gasteiger partial charge in [-0.3, -0.25) is 4.79 Å². The molecule has 0 N–H and O–H groups in total. The Bertz CT molecular complexity index is 589. The highest BCUT2D eigenvalue weighted by atomic mass is 16.5. The molecule has 1 atom stereocenters. The van der Waals surface area contributed by atoms with Gasteiger partial charge < -0.3 is 9.64 Å². The number of rotatable bonds is 6. The summed E-state index contributed by atoms with van der Waals surface area (Å²) in [5.74, 6) is -0.612. The molecule has 0 saturated carbocycles. The van der Waals surface area contributed by atoms with Gasteiger partial charge in [0, 0.05) is 18.8 Å². The topological polar surface area (TPSA) is 29.5 Å². The quantitative estimate of drug-likeness (QED) is 0.759. The highest BCUT2D eigenvalue weighted by Crippen LogP contribution is 2.27. The third-order valence-electron chi connectivity index (χ3n) is 3.92. The summed E-state index contributed by atoms with van der Waals surface area (Å²) in [6.45, 7) is 6.21. The van der Waals surface area contributed by atoms with Crippen LogP contribution in [0.4, 0.5) is 5.69 Å². The van der Waals surface area contributed by atoms with Crippen molar-refractivity contribution in [2.24, 2.45) is 0 Å². The molecule has 0 spiro atoms. The molecule has 1 unspecified atom stereocenters. The van der Waals surface area contributed by atoms with Crippen LogP contribution in [0.15, 0.2) is 54.6 Å². The Kier molecular flexibility index (Phi) is 5.59. The zero-order chi connectivity index (χ0) is 15.9. The fourth-order valence-electron chi connectivity index (χ4n) is 2.69. The first-order chi connectivity index (χ1) is 10.7. The van der Waals surface area contributed by atoms with Crippen LogP contribution in [0.1, 0.15) is 30.9 Å². The van der Waals surface area contributed by atoms with E-state index in [1.54, 1.807) is 0 Å². The van der Waals surface area contributed by atoms with Gasteiger partial charge in [-0.2, -0.15) is 0 Å². The second-order valence-electron chi connectivity index (χ2n) is 5.13. The maximum Gasteiger partial charge on any atom is 0.317 e. The lowest BCUT2D eigenvalue weighted by Crippen LogP contribution is -2.22. The minimum atomic E-state index is -0.378. The van der Waals surface area contributed by atoms with Gasteiger partial charge in [-0.1, -0.05) is 42.5 Å². The molecule has 3 heteroatoms. The van der Waals surface area contributed by atoms with E-state index in [2.05, 4.69) is 30.9 Å². The van der Waals surface area contributed by atoms with E-state index in [0.717, 1.165) is 24.2 Å². The Morgan fingerprint density at radius 3 is 2.00 bits per heavy atom. The van der Waals surface area contributed by atoms with E-state index in [4.69, 9.17) is 4.74 Å². The summed E-state index contributed by atoms with van der Waals surface area (Å²) < 4.78 is 4.99. The normalized spacial score (nSPS) is 11.8. The highest BCUT2D eigenvalue weighted by Gasteiger charge is 2.23. The molecule has 2 aromatic carbocycles. The van der Waals surface area contributed by atoms with Crippen molar-refractivity contribution in [1.82, 2.24) is 0 Å². The van der Waals surface area contributed by atoms with Crippen LogP contribution in [0.2, 0.25) is 0 Å². The molecule has 0 aliphatic carbocycles. The number of carbonyl (C=O) groups excluding carboxylic acids is 1. The second kappa shape index (κ2) is 7.64. The number of esters is 1. The number of anilines is 1. The molecule has 0 saturated heterocycles. The van der Waals surface area contributed by atoms with Crippen molar-refractivity contribution >= 4 is 11.7 Å². The number of hydrogen-bond donors (Lipinski definition) is 0. The average Bonchev–Trinajstić information content (AvgIpc) is 2.58. The summed E-state index contributed by atoms with van der Waals surface area (Å²) in [6, 6.07) is 17.9. The molecular weight excluding hydrogens is 274 g/mol. The average molecular weight is 297 g/mol. The minimum Gasteiger partial charge on any atom is -0.468 e. The number of methoxy groups -OCH3 is 1. The van der Waals surface area contributed by atoms with Crippen molar-refractivity contribution in [1.29, 1.82) is 0 Å². The standard InChI is InChI=1S/C19H23NO2/c1-4-20(5-2)17-13-11-16(12-14-17)18(19(21)22-3)15-9-7-6-8-10-15/h6-14,18H,4-5H2,1-3H3. The molecular formula is C19H23NO2. The monoisotopic (exact) mass is 297 g/mol. The molecule has 0 aliphatic rings. The van der Waals surface area contributed by atoms with Crippen LogP contribution in [-0.4, -0.2) is 26.2 Å². The lowest BCUT2D eigenvalue weighted by molar-refractivity contribution is -0.141. The molecule has 116 valence electrons. The summed E-state index contributed by atoms with van der Waals surface area (Å²) in [6.07, 6.45) is 0. The predicted molar refractivity (Wildman–Crippen MR) is 90.3 cm³/mol. The predicted octanol–water partition coefficient (Wildman–Crippen LogP) is 3.84. The van der Waals surface area contributed by atoms with Crippen LogP contribution in [0, 0.1) is 0 Å². The van der Waals surface area contributed by atoms with E-state index >= 15 is 0 Å². The smallest absolute Gasteiger partial charge is 0.317 e. The van der Waals surface area contributed by atoms with Crippen LogP contribution >= 0.6 is 0 Å². The van der Waals surface area contributed by atoms with Crippen LogP contribution in [0.5, 0.6) is 0 Å². The van der Waals surface area contributed by atoms with E-state index < -0.39 is 0 Å². The molecule has 3 nitrogen and oxygen atoms in total. The first-order valence-corrected chi connectivity index (χ1v) is 7.68. The zero-order valence-electron chi connectivity index (χ0n) is 13.5. The van der Waals surface area contributed by atoms with Crippen molar-refractivity contribution in [3.63, 3.8) is 0 Å². The first-order valence-electron chi connectivity index (χ1n) is 7.68. The third kappa shape index (κ3) is 3.48. The van der Waals surface area contributed by atoms with Crippen LogP contribution in [0.3, 0.4) is 0 Å². The summed E-state index contributed by atoms with van der Waals surface area (Å²) in [5, 5.41) is 0. The van der Waals surface area contributed by atoms with E-state index in [1.165, 1.54) is 12.8 Å². The number of carbonyl (C=O) groups is 1. The molecule has 0 aliphatic heterocycles. The lowest BCUT2D eigenvalue weighted by Gasteiger charge is -2.22. The first kappa shape index (κ1) is 16.1. The van der Waals surface area contributed by atoms with Gasteiger partial charge in [0.25, 0.3) is 0 Å². The molecule has 0 fully saturated rings. The van der Waals surface area contributed by atoms with E-state index in [0.29, 0.717) is 0 Å². The van der Waals surface area contributed by atoms with Crippen molar-refractivity contribution in [2.45, 2.75) is 19.8 Å². The second-order valence-corrected chi connectivity index (χ2v) is 5.13. The summed E-state index contributed by atoms with van der Waals surface area (Å²) in [5.41, 5.74) is 3.07.